The zero-order chi connectivity index (χ0) is 23.5. The SMILES string of the molecule is Cc1c(C#N)cccc1-c1nc(N)c(F)c(-c2cn(Cc3ccn(CCN(C)C)n3)nn2)n1. The summed E-state index contributed by atoms with van der Waals surface area (Å²) >= 11 is 0. The van der Waals surface area contributed by atoms with Crippen LogP contribution < -0.4 is 5.73 Å². The normalized spacial score (nSPS) is 11.2. The van der Waals surface area contributed by atoms with Crippen molar-refractivity contribution in [3.63, 3.8) is 0 Å². The van der Waals surface area contributed by atoms with Gasteiger partial charge in [-0.3, -0.25) is 4.68 Å². The fraction of sp³-hybridized carbons (Fsp3) is 0.273. The van der Waals surface area contributed by atoms with Crippen molar-refractivity contribution in [2.75, 3.05) is 26.4 Å². The summed E-state index contributed by atoms with van der Waals surface area (Å²) in [4.78, 5) is 10.5. The number of halogens is 1. The van der Waals surface area contributed by atoms with Gasteiger partial charge in [-0.2, -0.15) is 10.4 Å². The molecule has 33 heavy (non-hydrogen) atoms. The molecule has 0 saturated carbocycles. The van der Waals surface area contributed by atoms with Crippen LogP contribution in [-0.4, -0.2) is 60.3 Å². The number of benzene rings is 1. The first-order valence-corrected chi connectivity index (χ1v) is 10.3. The summed E-state index contributed by atoms with van der Waals surface area (Å²) in [5.74, 6) is -0.855. The van der Waals surface area contributed by atoms with Gasteiger partial charge in [0.05, 0.1) is 36.6 Å². The Balaban J connectivity index is 1.61. The maximum Gasteiger partial charge on any atom is 0.193 e. The first-order valence-electron chi connectivity index (χ1n) is 10.3. The number of nitriles is 1. The molecule has 0 atom stereocenters. The number of rotatable bonds is 7. The third kappa shape index (κ3) is 4.70. The summed E-state index contributed by atoms with van der Waals surface area (Å²) in [6.07, 6.45) is 3.50. The first-order chi connectivity index (χ1) is 15.9. The fourth-order valence-corrected chi connectivity index (χ4v) is 3.32. The van der Waals surface area contributed by atoms with Crippen molar-refractivity contribution in [2.24, 2.45) is 0 Å². The lowest BCUT2D eigenvalue weighted by molar-refractivity contribution is 0.372. The number of aromatic nitrogens is 7. The number of nitrogens with zero attached hydrogens (tertiary/aromatic N) is 9. The van der Waals surface area contributed by atoms with Crippen LogP contribution in [0.3, 0.4) is 0 Å². The topological polar surface area (TPSA) is 127 Å². The van der Waals surface area contributed by atoms with Gasteiger partial charge in [0.1, 0.15) is 11.4 Å². The summed E-state index contributed by atoms with van der Waals surface area (Å²) in [6, 6.07) is 9.20. The molecule has 0 fully saturated rings. The van der Waals surface area contributed by atoms with Crippen LogP contribution in [0.1, 0.15) is 16.8 Å². The van der Waals surface area contributed by atoms with E-state index in [1.165, 1.54) is 0 Å². The number of likely N-dealkylation sites (N-methyl/N-ethyl adjacent to an activating group) is 1. The number of nitrogen functional groups attached to an aromatic ring is 1. The van der Waals surface area contributed by atoms with Crippen molar-refractivity contribution in [3.8, 4) is 28.8 Å². The van der Waals surface area contributed by atoms with Gasteiger partial charge in [-0.1, -0.05) is 17.3 Å². The summed E-state index contributed by atoms with van der Waals surface area (Å²) < 4.78 is 18.2. The molecule has 11 heteroatoms. The average Bonchev–Trinajstić information content (AvgIpc) is 3.44. The molecule has 0 saturated heterocycles. The molecule has 0 bridgehead atoms. The molecule has 0 radical (unpaired) electrons. The molecule has 0 aliphatic carbocycles. The lowest BCUT2D eigenvalue weighted by Crippen LogP contribution is -2.18. The highest BCUT2D eigenvalue weighted by molar-refractivity contribution is 5.69. The molecule has 3 aromatic heterocycles. The number of hydrogen-bond donors (Lipinski definition) is 1. The molecule has 4 aromatic rings. The largest absolute Gasteiger partial charge is 0.381 e. The van der Waals surface area contributed by atoms with Crippen molar-refractivity contribution in [2.45, 2.75) is 20.0 Å². The lowest BCUT2D eigenvalue weighted by atomic mass is 10.0. The summed E-state index contributed by atoms with van der Waals surface area (Å²) in [7, 11) is 4.01. The number of nitrogens with two attached hydrogens (primary N) is 1. The van der Waals surface area contributed by atoms with Crippen molar-refractivity contribution in [1.29, 1.82) is 5.26 Å². The maximum atomic E-state index is 14.8. The van der Waals surface area contributed by atoms with Crippen molar-refractivity contribution < 1.29 is 4.39 Å². The van der Waals surface area contributed by atoms with Crippen LogP contribution >= 0.6 is 0 Å². The Labute approximate surface area is 190 Å². The smallest absolute Gasteiger partial charge is 0.193 e. The van der Waals surface area contributed by atoms with Crippen LogP contribution in [0, 0.1) is 24.1 Å². The zero-order valence-electron chi connectivity index (χ0n) is 18.6. The Kier molecular flexibility index (Phi) is 6.10. The van der Waals surface area contributed by atoms with Crippen LogP contribution in [0.2, 0.25) is 0 Å². The van der Waals surface area contributed by atoms with Crippen LogP contribution in [0.5, 0.6) is 0 Å². The molecule has 0 aliphatic rings. The minimum atomic E-state index is -0.771. The second-order valence-corrected chi connectivity index (χ2v) is 7.86. The van der Waals surface area contributed by atoms with Crippen LogP contribution in [-0.2, 0) is 13.1 Å². The van der Waals surface area contributed by atoms with Crippen LogP contribution in [0.4, 0.5) is 10.2 Å². The van der Waals surface area contributed by atoms with Gasteiger partial charge in [0.15, 0.2) is 17.5 Å². The Morgan fingerprint density at radius 1 is 1.18 bits per heavy atom. The van der Waals surface area contributed by atoms with Gasteiger partial charge in [0.2, 0.25) is 0 Å². The molecule has 1 aromatic carbocycles. The Morgan fingerprint density at radius 3 is 2.76 bits per heavy atom. The molecular formula is C22H23FN10. The average molecular weight is 446 g/mol. The molecule has 168 valence electrons. The molecule has 3 heterocycles. The molecular weight excluding hydrogens is 423 g/mol. The van der Waals surface area contributed by atoms with E-state index in [2.05, 4.69) is 36.3 Å². The standard InChI is InChI=1S/C22H23FN10/c1-14-15(11-24)5-4-6-17(14)22-26-20(19(23)21(25)27-22)18-13-33(30-28-18)12-16-7-8-32(29-16)10-9-31(2)3/h4-8,13H,9-10,12H2,1-3H3,(H2,25,26,27). The Bertz CT molecular complexity index is 1330. The van der Waals surface area contributed by atoms with Gasteiger partial charge in [0, 0.05) is 18.3 Å². The molecule has 0 aliphatic heterocycles. The highest BCUT2D eigenvalue weighted by Crippen LogP contribution is 2.28. The second kappa shape index (κ2) is 9.13. The lowest BCUT2D eigenvalue weighted by Gasteiger charge is -2.09. The highest BCUT2D eigenvalue weighted by atomic mass is 19.1. The molecule has 2 N–H and O–H groups in total. The second-order valence-electron chi connectivity index (χ2n) is 7.86. The first kappa shape index (κ1) is 22.0. The van der Waals surface area contributed by atoms with Crippen molar-refractivity contribution >= 4 is 5.82 Å². The number of hydrogen-bond acceptors (Lipinski definition) is 8. The van der Waals surface area contributed by atoms with Gasteiger partial charge in [0.25, 0.3) is 0 Å². The van der Waals surface area contributed by atoms with Crippen molar-refractivity contribution in [3.05, 3.63) is 59.3 Å². The molecule has 0 spiro atoms. The third-order valence-electron chi connectivity index (χ3n) is 5.15. The van der Waals surface area contributed by atoms with Gasteiger partial charge in [-0.05, 0) is 38.7 Å². The quantitative estimate of drug-likeness (QED) is 0.457. The summed E-state index contributed by atoms with van der Waals surface area (Å²) in [6.45, 7) is 3.81. The molecule has 10 nitrogen and oxygen atoms in total. The Morgan fingerprint density at radius 2 is 2.00 bits per heavy atom. The number of anilines is 1. The van der Waals surface area contributed by atoms with E-state index >= 15 is 0 Å². The van der Waals surface area contributed by atoms with Gasteiger partial charge >= 0.3 is 0 Å². The maximum absolute atomic E-state index is 14.8. The minimum Gasteiger partial charge on any atom is -0.381 e. The van der Waals surface area contributed by atoms with Gasteiger partial charge < -0.3 is 10.6 Å². The van der Waals surface area contributed by atoms with Crippen LogP contribution in [0.15, 0.2) is 36.7 Å². The summed E-state index contributed by atoms with van der Waals surface area (Å²) in [5.41, 5.74) is 8.58. The van der Waals surface area contributed by atoms with E-state index in [0.29, 0.717) is 23.2 Å². The fourth-order valence-electron chi connectivity index (χ4n) is 3.32. The molecule has 4 rings (SSSR count). The highest BCUT2D eigenvalue weighted by Gasteiger charge is 2.19. The molecule has 0 amide bonds. The minimum absolute atomic E-state index is 0.0537. The van der Waals surface area contributed by atoms with Gasteiger partial charge in [-0.15, -0.1) is 5.10 Å². The van der Waals surface area contributed by atoms with Crippen LogP contribution in [0.25, 0.3) is 22.8 Å². The van der Waals surface area contributed by atoms with Crippen molar-refractivity contribution in [1.82, 2.24) is 39.6 Å². The van der Waals surface area contributed by atoms with E-state index in [9.17, 15) is 9.65 Å². The monoisotopic (exact) mass is 446 g/mol. The van der Waals surface area contributed by atoms with Gasteiger partial charge in [-0.25, -0.2) is 19.0 Å². The predicted molar refractivity (Wildman–Crippen MR) is 120 cm³/mol. The van der Waals surface area contributed by atoms with E-state index in [0.717, 1.165) is 18.8 Å². The van der Waals surface area contributed by atoms with E-state index in [1.54, 1.807) is 36.0 Å². The summed E-state index contributed by atoms with van der Waals surface area (Å²) in [5, 5.41) is 22.0. The van der Waals surface area contributed by atoms with E-state index < -0.39 is 5.82 Å². The third-order valence-corrected chi connectivity index (χ3v) is 5.15. The van der Waals surface area contributed by atoms with E-state index in [4.69, 9.17) is 5.73 Å². The molecule has 0 unspecified atom stereocenters. The van der Waals surface area contributed by atoms with E-state index in [-0.39, 0.29) is 23.0 Å². The zero-order valence-corrected chi connectivity index (χ0v) is 18.6. The Hall–Kier alpha value is -4.17. The van der Waals surface area contributed by atoms with E-state index in [1.807, 2.05) is 31.0 Å². The predicted octanol–water partition coefficient (Wildman–Crippen LogP) is 2.11.